The Bertz CT molecular complexity index is 596. The molecule has 4 heteroatoms. The summed E-state index contributed by atoms with van der Waals surface area (Å²) in [7, 11) is 0. The van der Waals surface area contributed by atoms with Crippen LogP contribution >= 0.6 is 11.3 Å². The number of anilines is 1. The number of carboxylic acid groups (broad SMARTS) is 1. The summed E-state index contributed by atoms with van der Waals surface area (Å²) in [6.45, 7) is 6.75. The second-order valence-corrected chi connectivity index (χ2v) is 5.87. The van der Waals surface area contributed by atoms with E-state index in [-0.39, 0.29) is 0 Å². The van der Waals surface area contributed by atoms with Gasteiger partial charge in [0.2, 0.25) is 0 Å². The van der Waals surface area contributed by atoms with Gasteiger partial charge in [-0.1, -0.05) is 18.2 Å². The van der Waals surface area contributed by atoms with Gasteiger partial charge in [-0.25, -0.2) is 4.79 Å². The second kappa shape index (κ2) is 5.45. The first-order valence-electron chi connectivity index (χ1n) is 6.11. The van der Waals surface area contributed by atoms with Crippen LogP contribution in [0.3, 0.4) is 0 Å². The minimum atomic E-state index is -0.855. The van der Waals surface area contributed by atoms with Gasteiger partial charge < -0.3 is 10.4 Å². The van der Waals surface area contributed by atoms with Crippen LogP contribution in [0.1, 0.15) is 31.2 Å². The van der Waals surface area contributed by atoms with Gasteiger partial charge in [-0.2, -0.15) is 0 Å². The molecule has 2 rings (SSSR count). The normalized spacial score (nSPS) is 10.5. The van der Waals surface area contributed by atoms with Gasteiger partial charge in [-0.05, 0) is 43.5 Å². The molecule has 0 aliphatic rings. The minimum absolute atomic E-state index is 0.399. The average molecular weight is 275 g/mol. The Kier molecular flexibility index (Phi) is 3.90. The molecule has 0 saturated carbocycles. The number of rotatable bonds is 4. The summed E-state index contributed by atoms with van der Waals surface area (Å²) in [5.41, 5.74) is 4.58. The van der Waals surface area contributed by atoms with Crippen molar-refractivity contribution < 1.29 is 9.90 Å². The lowest BCUT2D eigenvalue weighted by molar-refractivity contribution is 0.0702. The lowest BCUT2D eigenvalue weighted by Crippen LogP contribution is -2.03. The first-order valence-corrected chi connectivity index (χ1v) is 6.93. The molecule has 1 aromatic heterocycles. The van der Waals surface area contributed by atoms with Crippen molar-refractivity contribution in [2.24, 2.45) is 0 Å². The highest BCUT2D eigenvalue weighted by Crippen LogP contribution is 2.24. The number of hydrogen-bond acceptors (Lipinski definition) is 3. The quantitative estimate of drug-likeness (QED) is 0.887. The Balaban J connectivity index is 2.17. The standard InChI is InChI=1S/C15H17NO2S/c1-9-5-4-6-10(2)14(9)16-8-12-7-13(15(17)18)19-11(12)3/h4-7,16H,8H2,1-3H3,(H,17,18). The summed E-state index contributed by atoms with van der Waals surface area (Å²) in [5, 5.41) is 12.4. The topological polar surface area (TPSA) is 49.3 Å². The van der Waals surface area contributed by atoms with Gasteiger partial charge in [-0.15, -0.1) is 11.3 Å². The van der Waals surface area contributed by atoms with Crippen molar-refractivity contribution in [3.63, 3.8) is 0 Å². The smallest absolute Gasteiger partial charge is 0.345 e. The van der Waals surface area contributed by atoms with E-state index in [9.17, 15) is 4.79 Å². The molecule has 2 N–H and O–H groups in total. The second-order valence-electron chi connectivity index (χ2n) is 4.62. The maximum atomic E-state index is 10.9. The van der Waals surface area contributed by atoms with Gasteiger partial charge in [-0.3, -0.25) is 0 Å². The molecule has 0 spiro atoms. The van der Waals surface area contributed by atoms with Gasteiger partial charge in [0.1, 0.15) is 4.88 Å². The number of carboxylic acids is 1. The molecule has 100 valence electrons. The number of carbonyl (C=O) groups is 1. The number of para-hydroxylation sites is 1. The Morgan fingerprint density at radius 3 is 2.42 bits per heavy atom. The maximum Gasteiger partial charge on any atom is 0.345 e. The number of hydrogen-bond donors (Lipinski definition) is 2. The number of nitrogens with one attached hydrogen (secondary N) is 1. The maximum absolute atomic E-state index is 10.9. The fraction of sp³-hybridized carbons (Fsp3) is 0.267. The van der Waals surface area contributed by atoms with Crippen molar-refractivity contribution in [2.45, 2.75) is 27.3 Å². The zero-order valence-electron chi connectivity index (χ0n) is 11.3. The molecule has 0 atom stereocenters. The molecule has 0 amide bonds. The molecule has 0 aliphatic heterocycles. The van der Waals surface area contributed by atoms with Gasteiger partial charge in [0.25, 0.3) is 0 Å². The molecule has 2 aromatic rings. The monoisotopic (exact) mass is 275 g/mol. The predicted molar refractivity (Wildman–Crippen MR) is 79.3 cm³/mol. The van der Waals surface area contributed by atoms with Crippen LogP contribution in [0.15, 0.2) is 24.3 Å². The fourth-order valence-electron chi connectivity index (χ4n) is 2.08. The first-order chi connectivity index (χ1) is 8.99. The molecule has 0 fully saturated rings. The lowest BCUT2D eigenvalue weighted by Gasteiger charge is -2.12. The number of thiophene rings is 1. The van der Waals surface area contributed by atoms with Crippen LogP contribution in [-0.4, -0.2) is 11.1 Å². The third-order valence-electron chi connectivity index (χ3n) is 3.17. The number of benzene rings is 1. The SMILES string of the molecule is Cc1cccc(C)c1NCc1cc(C(=O)O)sc1C. The molecule has 1 heterocycles. The number of aromatic carboxylic acids is 1. The lowest BCUT2D eigenvalue weighted by atomic mass is 10.1. The molecular formula is C15H17NO2S. The van der Waals surface area contributed by atoms with Crippen LogP contribution in [0.25, 0.3) is 0 Å². The summed E-state index contributed by atoms with van der Waals surface area (Å²) in [5.74, 6) is -0.855. The van der Waals surface area contributed by atoms with Gasteiger partial charge in [0.15, 0.2) is 0 Å². The zero-order chi connectivity index (χ0) is 14.0. The van der Waals surface area contributed by atoms with E-state index >= 15 is 0 Å². The summed E-state index contributed by atoms with van der Waals surface area (Å²) in [6, 6.07) is 7.92. The predicted octanol–water partition coefficient (Wildman–Crippen LogP) is 3.98. The first kappa shape index (κ1) is 13.6. The van der Waals surface area contributed by atoms with Crippen molar-refractivity contribution in [3.8, 4) is 0 Å². The Hall–Kier alpha value is -1.81. The largest absolute Gasteiger partial charge is 0.477 e. The Morgan fingerprint density at radius 1 is 1.26 bits per heavy atom. The molecule has 1 aromatic carbocycles. The summed E-state index contributed by atoms with van der Waals surface area (Å²) < 4.78 is 0. The molecule has 19 heavy (non-hydrogen) atoms. The van der Waals surface area contributed by atoms with Gasteiger partial charge in [0.05, 0.1) is 0 Å². The Labute approximate surface area is 116 Å². The molecule has 3 nitrogen and oxygen atoms in total. The van der Waals surface area contributed by atoms with Crippen molar-refractivity contribution >= 4 is 23.0 Å². The third-order valence-corrected chi connectivity index (χ3v) is 4.25. The van der Waals surface area contributed by atoms with Crippen LogP contribution in [0, 0.1) is 20.8 Å². The molecular weight excluding hydrogens is 258 g/mol. The van der Waals surface area contributed by atoms with Crippen LogP contribution < -0.4 is 5.32 Å². The third kappa shape index (κ3) is 2.96. The highest BCUT2D eigenvalue weighted by molar-refractivity contribution is 7.14. The van der Waals surface area contributed by atoms with Crippen LogP contribution in [-0.2, 0) is 6.54 Å². The van der Waals surface area contributed by atoms with E-state index in [0.717, 1.165) is 16.1 Å². The summed E-state index contributed by atoms with van der Waals surface area (Å²) in [4.78, 5) is 12.4. The molecule has 0 unspecified atom stereocenters. The van der Waals surface area contributed by atoms with E-state index < -0.39 is 5.97 Å². The van der Waals surface area contributed by atoms with E-state index in [4.69, 9.17) is 5.11 Å². The Morgan fingerprint density at radius 2 is 1.89 bits per heavy atom. The van der Waals surface area contributed by atoms with E-state index in [2.05, 4.69) is 31.3 Å². The fourth-order valence-corrected chi connectivity index (χ4v) is 2.96. The van der Waals surface area contributed by atoms with Gasteiger partial charge in [0, 0.05) is 17.1 Å². The van der Waals surface area contributed by atoms with Crippen molar-refractivity contribution in [2.75, 3.05) is 5.32 Å². The highest BCUT2D eigenvalue weighted by Gasteiger charge is 2.11. The van der Waals surface area contributed by atoms with Crippen LogP contribution in [0.2, 0.25) is 0 Å². The van der Waals surface area contributed by atoms with E-state index in [1.54, 1.807) is 6.07 Å². The highest BCUT2D eigenvalue weighted by atomic mass is 32.1. The molecule has 0 radical (unpaired) electrons. The van der Waals surface area contributed by atoms with E-state index in [1.807, 2.05) is 13.0 Å². The molecule has 0 aliphatic carbocycles. The van der Waals surface area contributed by atoms with Crippen molar-refractivity contribution in [1.82, 2.24) is 0 Å². The van der Waals surface area contributed by atoms with E-state index in [0.29, 0.717) is 11.4 Å². The van der Waals surface area contributed by atoms with Crippen molar-refractivity contribution in [1.29, 1.82) is 0 Å². The number of aryl methyl sites for hydroxylation is 3. The van der Waals surface area contributed by atoms with Gasteiger partial charge >= 0.3 is 5.97 Å². The minimum Gasteiger partial charge on any atom is -0.477 e. The summed E-state index contributed by atoms with van der Waals surface area (Å²) >= 11 is 1.33. The average Bonchev–Trinajstić information content (AvgIpc) is 2.70. The molecule has 0 saturated heterocycles. The van der Waals surface area contributed by atoms with Crippen LogP contribution in [0.4, 0.5) is 5.69 Å². The van der Waals surface area contributed by atoms with Crippen LogP contribution in [0.5, 0.6) is 0 Å². The van der Waals surface area contributed by atoms with E-state index in [1.165, 1.54) is 22.5 Å². The summed E-state index contributed by atoms with van der Waals surface area (Å²) in [6.07, 6.45) is 0. The van der Waals surface area contributed by atoms with Crippen molar-refractivity contribution in [3.05, 3.63) is 50.7 Å². The zero-order valence-corrected chi connectivity index (χ0v) is 12.1. The molecule has 0 bridgehead atoms.